The van der Waals surface area contributed by atoms with Crippen LogP contribution in [0.5, 0.6) is 0 Å². The van der Waals surface area contributed by atoms with Crippen LogP contribution in [-0.4, -0.2) is 25.6 Å². The third-order valence-corrected chi connectivity index (χ3v) is 4.62. The fourth-order valence-corrected chi connectivity index (χ4v) is 3.36. The van der Waals surface area contributed by atoms with Crippen LogP contribution in [0, 0.1) is 0 Å². The van der Waals surface area contributed by atoms with Gasteiger partial charge in [-0.05, 0) is 30.5 Å². The number of fused-ring (bicyclic) bond motifs is 1. The van der Waals surface area contributed by atoms with Crippen molar-refractivity contribution in [2.24, 2.45) is 0 Å². The van der Waals surface area contributed by atoms with Crippen LogP contribution >= 0.6 is 0 Å². The van der Waals surface area contributed by atoms with Gasteiger partial charge in [-0.3, -0.25) is 19.1 Å². The van der Waals surface area contributed by atoms with Crippen molar-refractivity contribution in [3.8, 4) is 11.5 Å². The summed E-state index contributed by atoms with van der Waals surface area (Å²) in [5, 5.41) is 12.5. The lowest BCUT2D eigenvalue weighted by Gasteiger charge is -2.27. The Morgan fingerprint density at radius 2 is 1.96 bits per heavy atom. The van der Waals surface area contributed by atoms with Gasteiger partial charge in [0.2, 0.25) is 0 Å². The van der Waals surface area contributed by atoms with Crippen molar-refractivity contribution < 1.29 is 9.90 Å². The molecular formula is C20H18N4O3. The van der Waals surface area contributed by atoms with Crippen molar-refractivity contribution in [3.05, 3.63) is 76.3 Å². The topological polar surface area (TPSA) is 97.1 Å². The number of aryl methyl sites for hydroxylation is 1. The van der Waals surface area contributed by atoms with Crippen molar-refractivity contribution >= 4 is 11.7 Å². The van der Waals surface area contributed by atoms with Crippen LogP contribution in [0.4, 0.5) is 5.69 Å². The molecule has 0 fully saturated rings. The Balaban J connectivity index is 1.81. The first-order valence-electron chi connectivity index (χ1n) is 8.72. The molecule has 0 bridgehead atoms. The average molecular weight is 362 g/mol. The SMILES string of the molecule is O=C(O)Cn1c(-c2ccccn2)nc2c(c1=O)NC(c1ccccc1)CC2. The maximum Gasteiger partial charge on any atom is 0.323 e. The predicted molar refractivity (Wildman–Crippen MR) is 100 cm³/mol. The van der Waals surface area contributed by atoms with Crippen molar-refractivity contribution in [1.82, 2.24) is 14.5 Å². The molecule has 0 amide bonds. The van der Waals surface area contributed by atoms with E-state index in [0.29, 0.717) is 23.5 Å². The lowest BCUT2D eigenvalue weighted by molar-refractivity contribution is -0.137. The molecule has 27 heavy (non-hydrogen) atoms. The van der Waals surface area contributed by atoms with E-state index in [1.807, 2.05) is 30.3 Å². The van der Waals surface area contributed by atoms with Gasteiger partial charge in [0, 0.05) is 6.20 Å². The van der Waals surface area contributed by atoms with E-state index in [-0.39, 0.29) is 17.4 Å². The zero-order valence-corrected chi connectivity index (χ0v) is 14.5. The second-order valence-electron chi connectivity index (χ2n) is 6.40. The van der Waals surface area contributed by atoms with Crippen LogP contribution in [0.3, 0.4) is 0 Å². The number of carboxylic acids is 1. The van der Waals surface area contributed by atoms with E-state index in [4.69, 9.17) is 0 Å². The maximum absolute atomic E-state index is 13.1. The second kappa shape index (κ2) is 7.03. The number of rotatable bonds is 4. The largest absolute Gasteiger partial charge is 0.480 e. The molecule has 2 aromatic heterocycles. The molecule has 1 atom stereocenters. The molecule has 2 N–H and O–H groups in total. The first-order valence-corrected chi connectivity index (χ1v) is 8.72. The van der Waals surface area contributed by atoms with Crippen molar-refractivity contribution in [3.63, 3.8) is 0 Å². The monoisotopic (exact) mass is 362 g/mol. The molecule has 4 rings (SSSR count). The first kappa shape index (κ1) is 17.0. The highest BCUT2D eigenvalue weighted by molar-refractivity contribution is 5.68. The van der Waals surface area contributed by atoms with Crippen LogP contribution in [0.15, 0.2) is 59.5 Å². The molecule has 1 aliphatic heterocycles. The van der Waals surface area contributed by atoms with E-state index < -0.39 is 12.5 Å². The summed E-state index contributed by atoms with van der Waals surface area (Å²) in [6, 6.07) is 15.1. The molecular weight excluding hydrogens is 344 g/mol. The molecule has 3 aromatic rings. The molecule has 136 valence electrons. The molecule has 0 saturated heterocycles. The molecule has 0 saturated carbocycles. The first-order chi connectivity index (χ1) is 13.1. The number of pyridine rings is 1. The lowest BCUT2D eigenvalue weighted by Crippen LogP contribution is -2.33. The summed E-state index contributed by atoms with van der Waals surface area (Å²) in [5.74, 6) is -0.826. The zero-order chi connectivity index (χ0) is 18.8. The zero-order valence-electron chi connectivity index (χ0n) is 14.5. The van der Waals surface area contributed by atoms with E-state index in [0.717, 1.165) is 12.0 Å². The number of nitrogens with one attached hydrogen (secondary N) is 1. The van der Waals surface area contributed by atoms with Gasteiger partial charge < -0.3 is 10.4 Å². The van der Waals surface area contributed by atoms with Gasteiger partial charge in [-0.25, -0.2) is 4.98 Å². The van der Waals surface area contributed by atoms with Crippen LogP contribution in [0.25, 0.3) is 11.5 Å². The number of aliphatic carboxylic acids is 1. The highest BCUT2D eigenvalue weighted by Gasteiger charge is 2.26. The third kappa shape index (κ3) is 3.31. The molecule has 1 aliphatic rings. The molecule has 1 unspecified atom stereocenters. The van der Waals surface area contributed by atoms with Crippen LogP contribution in [0.2, 0.25) is 0 Å². The van der Waals surface area contributed by atoms with Crippen molar-refractivity contribution in [2.75, 3.05) is 5.32 Å². The second-order valence-corrected chi connectivity index (χ2v) is 6.40. The molecule has 3 heterocycles. The van der Waals surface area contributed by atoms with Gasteiger partial charge >= 0.3 is 5.97 Å². The minimum Gasteiger partial charge on any atom is -0.480 e. The summed E-state index contributed by atoms with van der Waals surface area (Å²) in [6.45, 7) is -0.470. The molecule has 0 aliphatic carbocycles. The van der Waals surface area contributed by atoms with Gasteiger partial charge in [0.15, 0.2) is 5.82 Å². The third-order valence-electron chi connectivity index (χ3n) is 4.62. The van der Waals surface area contributed by atoms with E-state index in [9.17, 15) is 14.7 Å². The van der Waals surface area contributed by atoms with E-state index >= 15 is 0 Å². The molecule has 7 nitrogen and oxygen atoms in total. The van der Waals surface area contributed by atoms with Crippen molar-refractivity contribution in [1.29, 1.82) is 0 Å². The maximum atomic E-state index is 13.1. The quantitative estimate of drug-likeness (QED) is 0.740. The summed E-state index contributed by atoms with van der Waals surface area (Å²) < 4.78 is 1.17. The highest BCUT2D eigenvalue weighted by Crippen LogP contribution is 2.30. The Morgan fingerprint density at radius 3 is 2.67 bits per heavy atom. The number of hydrogen-bond donors (Lipinski definition) is 2. The minimum atomic E-state index is -1.11. The summed E-state index contributed by atoms with van der Waals surface area (Å²) >= 11 is 0. The summed E-state index contributed by atoms with van der Waals surface area (Å²) in [5.41, 5.74) is 2.19. The Bertz CT molecular complexity index is 1030. The van der Waals surface area contributed by atoms with Gasteiger partial charge in [0.05, 0.1) is 11.7 Å². The summed E-state index contributed by atoms with van der Waals surface area (Å²) in [4.78, 5) is 33.3. The molecule has 0 spiro atoms. The molecule has 7 heteroatoms. The number of anilines is 1. The Kier molecular flexibility index (Phi) is 4.42. The molecule has 0 radical (unpaired) electrons. The summed E-state index contributed by atoms with van der Waals surface area (Å²) in [6.07, 6.45) is 3.02. The normalized spacial score (nSPS) is 15.6. The Hall–Kier alpha value is -3.48. The highest BCUT2D eigenvalue weighted by atomic mass is 16.4. The van der Waals surface area contributed by atoms with Crippen LogP contribution < -0.4 is 10.9 Å². The fourth-order valence-electron chi connectivity index (χ4n) is 3.36. The van der Waals surface area contributed by atoms with E-state index in [2.05, 4.69) is 15.3 Å². The Morgan fingerprint density at radius 1 is 1.19 bits per heavy atom. The smallest absolute Gasteiger partial charge is 0.323 e. The lowest BCUT2D eigenvalue weighted by atomic mass is 9.96. The molecule has 1 aromatic carbocycles. The Labute approximate surface area is 155 Å². The standard InChI is InChI=1S/C20H18N4O3/c25-17(26)12-24-19(16-8-4-5-11-21-16)23-15-10-9-14(22-18(15)20(24)27)13-6-2-1-3-7-13/h1-8,11,14,22H,9-10,12H2,(H,25,26). The number of nitrogens with zero attached hydrogens (tertiary/aromatic N) is 3. The van der Waals surface area contributed by atoms with Gasteiger partial charge in [0.1, 0.15) is 17.9 Å². The number of benzene rings is 1. The predicted octanol–water partition coefficient (Wildman–Crippen LogP) is 2.49. The number of aromatic nitrogens is 3. The van der Waals surface area contributed by atoms with E-state index in [1.54, 1.807) is 24.4 Å². The van der Waals surface area contributed by atoms with Gasteiger partial charge in [0.25, 0.3) is 5.56 Å². The number of carbonyl (C=O) groups is 1. The van der Waals surface area contributed by atoms with Crippen molar-refractivity contribution in [2.45, 2.75) is 25.4 Å². The minimum absolute atomic E-state index is 0.00724. The van der Waals surface area contributed by atoms with Gasteiger partial charge in [-0.1, -0.05) is 36.4 Å². The van der Waals surface area contributed by atoms with Crippen LogP contribution in [-0.2, 0) is 17.8 Å². The fraction of sp³-hybridized carbons (Fsp3) is 0.200. The van der Waals surface area contributed by atoms with Crippen LogP contribution in [0.1, 0.15) is 23.7 Å². The average Bonchev–Trinajstić information content (AvgIpc) is 2.71. The number of carboxylic acid groups (broad SMARTS) is 1. The van der Waals surface area contributed by atoms with Gasteiger partial charge in [-0.15, -0.1) is 0 Å². The summed E-state index contributed by atoms with van der Waals surface area (Å²) in [7, 11) is 0. The van der Waals surface area contributed by atoms with Gasteiger partial charge in [-0.2, -0.15) is 0 Å². The van der Waals surface area contributed by atoms with E-state index in [1.165, 1.54) is 4.57 Å². The number of hydrogen-bond acceptors (Lipinski definition) is 5.